The first-order chi connectivity index (χ1) is 5.54. The molecule has 2 N–H and O–H groups in total. The van der Waals surface area contributed by atoms with Crippen molar-refractivity contribution in [1.29, 1.82) is 0 Å². The zero-order valence-electron chi connectivity index (χ0n) is 8.67. The molecular formula is C9H22N2O. The van der Waals surface area contributed by atoms with Gasteiger partial charge in [0.1, 0.15) is 0 Å². The predicted molar refractivity (Wildman–Crippen MR) is 52.3 cm³/mol. The van der Waals surface area contributed by atoms with Crippen molar-refractivity contribution in [3.8, 4) is 0 Å². The summed E-state index contributed by atoms with van der Waals surface area (Å²) in [6.07, 6.45) is 0.869. The van der Waals surface area contributed by atoms with E-state index in [9.17, 15) is 0 Å². The Hall–Kier alpha value is -0.120. The van der Waals surface area contributed by atoms with Crippen LogP contribution in [0.2, 0.25) is 0 Å². The molecule has 0 rings (SSSR count). The Bertz CT molecular complexity index is 105. The summed E-state index contributed by atoms with van der Waals surface area (Å²) in [7, 11) is 4.14. The third-order valence-electron chi connectivity index (χ3n) is 1.97. The van der Waals surface area contributed by atoms with Gasteiger partial charge in [0.15, 0.2) is 0 Å². The van der Waals surface area contributed by atoms with Crippen molar-refractivity contribution in [2.75, 3.05) is 27.2 Å². The van der Waals surface area contributed by atoms with Crippen molar-refractivity contribution in [3.05, 3.63) is 0 Å². The van der Waals surface area contributed by atoms with Gasteiger partial charge in [0, 0.05) is 6.04 Å². The molecule has 0 amide bonds. The second-order valence-corrected chi connectivity index (χ2v) is 3.64. The first-order valence-corrected chi connectivity index (χ1v) is 4.60. The van der Waals surface area contributed by atoms with E-state index in [1.165, 1.54) is 0 Å². The van der Waals surface area contributed by atoms with Gasteiger partial charge in [-0.25, -0.2) is 0 Å². The minimum absolute atomic E-state index is 0.201. The van der Waals surface area contributed by atoms with Crippen LogP contribution in [0.25, 0.3) is 0 Å². The summed E-state index contributed by atoms with van der Waals surface area (Å²) in [5.41, 5.74) is 0. The van der Waals surface area contributed by atoms with Crippen LogP contribution in [0.5, 0.6) is 0 Å². The SMILES string of the molecule is CC(O)C(C)NCCCN(C)C. The molecular weight excluding hydrogens is 152 g/mol. The number of nitrogens with zero attached hydrogens (tertiary/aromatic N) is 1. The van der Waals surface area contributed by atoms with E-state index in [-0.39, 0.29) is 12.1 Å². The molecule has 0 heterocycles. The number of rotatable bonds is 6. The van der Waals surface area contributed by atoms with E-state index in [2.05, 4.69) is 24.3 Å². The van der Waals surface area contributed by atoms with Crippen molar-refractivity contribution in [3.63, 3.8) is 0 Å². The molecule has 0 saturated carbocycles. The van der Waals surface area contributed by atoms with Crippen molar-refractivity contribution in [2.45, 2.75) is 32.4 Å². The van der Waals surface area contributed by atoms with Crippen molar-refractivity contribution < 1.29 is 5.11 Å². The molecule has 0 aliphatic heterocycles. The summed E-state index contributed by atoms with van der Waals surface area (Å²) >= 11 is 0. The number of hydrogen-bond acceptors (Lipinski definition) is 3. The van der Waals surface area contributed by atoms with E-state index in [0.29, 0.717) is 0 Å². The topological polar surface area (TPSA) is 35.5 Å². The smallest absolute Gasteiger partial charge is 0.0662 e. The first-order valence-electron chi connectivity index (χ1n) is 4.60. The number of nitrogens with one attached hydrogen (secondary N) is 1. The molecule has 2 unspecified atom stereocenters. The molecule has 2 atom stereocenters. The quantitative estimate of drug-likeness (QED) is 0.568. The van der Waals surface area contributed by atoms with E-state index in [1.54, 1.807) is 0 Å². The summed E-state index contributed by atoms with van der Waals surface area (Å²) in [5.74, 6) is 0. The van der Waals surface area contributed by atoms with E-state index < -0.39 is 0 Å². The van der Waals surface area contributed by atoms with E-state index in [1.807, 2.05) is 13.8 Å². The number of aliphatic hydroxyl groups excluding tert-OH is 1. The maximum absolute atomic E-state index is 9.16. The van der Waals surface area contributed by atoms with Gasteiger partial charge in [0.2, 0.25) is 0 Å². The summed E-state index contributed by atoms with van der Waals surface area (Å²) in [6, 6.07) is 0.201. The molecule has 74 valence electrons. The van der Waals surface area contributed by atoms with Crippen molar-refractivity contribution >= 4 is 0 Å². The zero-order valence-corrected chi connectivity index (χ0v) is 8.67. The lowest BCUT2D eigenvalue weighted by Gasteiger charge is -2.17. The van der Waals surface area contributed by atoms with Gasteiger partial charge in [-0.15, -0.1) is 0 Å². The van der Waals surface area contributed by atoms with E-state index >= 15 is 0 Å². The number of aliphatic hydroxyl groups is 1. The van der Waals surface area contributed by atoms with Crippen molar-refractivity contribution in [2.24, 2.45) is 0 Å². The highest BCUT2D eigenvalue weighted by Gasteiger charge is 2.05. The minimum Gasteiger partial charge on any atom is -0.392 e. The fourth-order valence-corrected chi connectivity index (χ4v) is 0.896. The van der Waals surface area contributed by atoms with Crippen LogP contribution in [0.1, 0.15) is 20.3 Å². The first kappa shape index (κ1) is 11.9. The predicted octanol–water partition coefficient (Wildman–Crippen LogP) is 0.297. The molecule has 0 spiro atoms. The van der Waals surface area contributed by atoms with Crippen LogP contribution in [0.3, 0.4) is 0 Å². The van der Waals surface area contributed by atoms with E-state index in [0.717, 1.165) is 19.5 Å². The van der Waals surface area contributed by atoms with E-state index in [4.69, 9.17) is 5.11 Å². The van der Waals surface area contributed by atoms with Crippen LogP contribution in [0, 0.1) is 0 Å². The molecule has 0 fully saturated rings. The summed E-state index contributed by atoms with van der Waals surface area (Å²) in [4.78, 5) is 2.16. The molecule has 0 aliphatic carbocycles. The summed E-state index contributed by atoms with van der Waals surface area (Å²) in [6.45, 7) is 5.88. The van der Waals surface area contributed by atoms with Crippen LogP contribution in [0.15, 0.2) is 0 Å². The molecule has 12 heavy (non-hydrogen) atoms. The lowest BCUT2D eigenvalue weighted by Crippen LogP contribution is -2.36. The summed E-state index contributed by atoms with van der Waals surface area (Å²) in [5, 5.41) is 12.4. The van der Waals surface area contributed by atoms with Crippen LogP contribution >= 0.6 is 0 Å². The molecule has 0 bridgehead atoms. The third-order valence-corrected chi connectivity index (χ3v) is 1.97. The Balaban J connectivity index is 3.20. The molecule has 0 aromatic carbocycles. The largest absolute Gasteiger partial charge is 0.392 e. The van der Waals surface area contributed by atoms with Gasteiger partial charge in [-0.1, -0.05) is 0 Å². The van der Waals surface area contributed by atoms with Crippen LogP contribution in [0.4, 0.5) is 0 Å². The van der Waals surface area contributed by atoms with Gasteiger partial charge >= 0.3 is 0 Å². The fourth-order valence-electron chi connectivity index (χ4n) is 0.896. The van der Waals surface area contributed by atoms with Crippen LogP contribution in [-0.2, 0) is 0 Å². The second kappa shape index (κ2) is 6.40. The van der Waals surface area contributed by atoms with Gasteiger partial charge in [0.25, 0.3) is 0 Å². The maximum Gasteiger partial charge on any atom is 0.0662 e. The Morgan fingerprint density at radius 2 is 1.92 bits per heavy atom. The van der Waals surface area contributed by atoms with Crippen molar-refractivity contribution in [1.82, 2.24) is 10.2 Å². The molecule has 3 nitrogen and oxygen atoms in total. The van der Waals surface area contributed by atoms with Crippen LogP contribution < -0.4 is 5.32 Å². The Labute approximate surface area is 75.8 Å². The maximum atomic E-state index is 9.16. The monoisotopic (exact) mass is 174 g/mol. The molecule has 0 aromatic heterocycles. The normalized spacial score (nSPS) is 16.5. The minimum atomic E-state index is -0.260. The highest BCUT2D eigenvalue weighted by molar-refractivity contribution is 4.66. The van der Waals surface area contributed by atoms with Gasteiger partial charge in [-0.05, 0) is 47.5 Å². The van der Waals surface area contributed by atoms with Gasteiger partial charge in [0.05, 0.1) is 6.10 Å². The zero-order chi connectivity index (χ0) is 9.56. The lowest BCUT2D eigenvalue weighted by molar-refractivity contribution is 0.152. The fraction of sp³-hybridized carbons (Fsp3) is 1.00. The Morgan fingerprint density at radius 3 is 2.33 bits per heavy atom. The molecule has 3 heteroatoms. The molecule has 0 saturated heterocycles. The average Bonchev–Trinajstić information content (AvgIpc) is 1.97. The molecule has 0 radical (unpaired) electrons. The highest BCUT2D eigenvalue weighted by Crippen LogP contribution is 1.90. The molecule has 0 aromatic rings. The highest BCUT2D eigenvalue weighted by atomic mass is 16.3. The average molecular weight is 174 g/mol. The third kappa shape index (κ3) is 6.58. The Morgan fingerprint density at radius 1 is 1.33 bits per heavy atom. The van der Waals surface area contributed by atoms with Gasteiger partial charge in [-0.2, -0.15) is 0 Å². The Kier molecular flexibility index (Phi) is 6.34. The second-order valence-electron chi connectivity index (χ2n) is 3.64. The van der Waals surface area contributed by atoms with Gasteiger partial charge < -0.3 is 15.3 Å². The summed E-state index contributed by atoms with van der Waals surface area (Å²) < 4.78 is 0. The molecule has 0 aliphatic rings. The number of hydrogen-bond donors (Lipinski definition) is 2. The van der Waals surface area contributed by atoms with Gasteiger partial charge in [-0.3, -0.25) is 0 Å². The lowest BCUT2D eigenvalue weighted by atomic mass is 10.2. The standard InChI is InChI=1S/C9H22N2O/c1-8(9(2)12)10-6-5-7-11(3)4/h8-10,12H,5-7H2,1-4H3. The van der Waals surface area contributed by atoms with Crippen LogP contribution in [-0.4, -0.2) is 49.3 Å².